The Morgan fingerprint density at radius 2 is 1.91 bits per heavy atom. The average Bonchev–Trinajstić information content (AvgIpc) is 2.47. The quantitative estimate of drug-likeness (QED) is 0.769. The SMILES string of the molecule is CCNC(=O)[C@@H](C)NC(=O)COC(=O)c1ccc(Cl)c(Cl)c1. The van der Waals surface area contributed by atoms with Gasteiger partial charge in [0.1, 0.15) is 6.04 Å². The molecular formula is C14H16Cl2N2O4. The molecule has 1 rings (SSSR count). The minimum Gasteiger partial charge on any atom is -0.452 e. The molecule has 0 bridgehead atoms. The zero-order valence-electron chi connectivity index (χ0n) is 12.1. The first-order valence-corrected chi connectivity index (χ1v) is 7.30. The first-order chi connectivity index (χ1) is 10.3. The summed E-state index contributed by atoms with van der Waals surface area (Å²) in [5.41, 5.74) is 0.180. The van der Waals surface area contributed by atoms with E-state index in [1.54, 1.807) is 6.92 Å². The van der Waals surface area contributed by atoms with Gasteiger partial charge in [-0.1, -0.05) is 23.2 Å². The molecule has 0 fully saturated rings. The largest absolute Gasteiger partial charge is 0.452 e. The number of esters is 1. The summed E-state index contributed by atoms with van der Waals surface area (Å²) >= 11 is 11.5. The fourth-order valence-corrected chi connectivity index (χ4v) is 1.81. The van der Waals surface area contributed by atoms with Crippen LogP contribution in [0.3, 0.4) is 0 Å². The van der Waals surface area contributed by atoms with E-state index in [0.29, 0.717) is 11.6 Å². The Kier molecular flexibility index (Phi) is 7.14. The first kappa shape index (κ1) is 18.3. The second-order valence-corrected chi connectivity index (χ2v) is 5.20. The highest BCUT2D eigenvalue weighted by molar-refractivity contribution is 6.42. The molecule has 0 unspecified atom stereocenters. The predicted octanol–water partition coefficient (Wildman–Crippen LogP) is 1.79. The molecule has 0 aromatic heterocycles. The fourth-order valence-electron chi connectivity index (χ4n) is 1.51. The van der Waals surface area contributed by atoms with Crippen LogP contribution in [0.2, 0.25) is 10.0 Å². The first-order valence-electron chi connectivity index (χ1n) is 6.54. The highest BCUT2D eigenvalue weighted by Gasteiger charge is 2.16. The van der Waals surface area contributed by atoms with E-state index in [1.165, 1.54) is 25.1 Å². The van der Waals surface area contributed by atoms with Gasteiger partial charge in [0.15, 0.2) is 6.61 Å². The van der Waals surface area contributed by atoms with Gasteiger partial charge < -0.3 is 15.4 Å². The molecule has 0 saturated carbocycles. The van der Waals surface area contributed by atoms with Gasteiger partial charge in [0.25, 0.3) is 5.91 Å². The number of halogens is 2. The summed E-state index contributed by atoms with van der Waals surface area (Å²) in [6, 6.07) is 3.53. The Bertz CT molecular complexity index is 578. The molecule has 0 heterocycles. The molecule has 1 atom stereocenters. The molecule has 0 aliphatic rings. The van der Waals surface area contributed by atoms with Crippen LogP contribution in [-0.2, 0) is 14.3 Å². The van der Waals surface area contributed by atoms with Crippen LogP contribution >= 0.6 is 23.2 Å². The Morgan fingerprint density at radius 1 is 1.23 bits per heavy atom. The summed E-state index contributed by atoms with van der Waals surface area (Å²) in [6.07, 6.45) is 0. The van der Waals surface area contributed by atoms with Gasteiger partial charge in [-0.3, -0.25) is 9.59 Å². The van der Waals surface area contributed by atoms with E-state index in [9.17, 15) is 14.4 Å². The molecule has 1 aromatic rings. The molecule has 2 amide bonds. The van der Waals surface area contributed by atoms with Crippen molar-refractivity contribution >= 4 is 41.0 Å². The maximum absolute atomic E-state index is 11.8. The zero-order chi connectivity index (χ0) is 16.7. The van der Waals surface area contributed by atoms with Crippen LogP contribution < -0.4 is 10.6 Å². The lowest BCUT2D eigenvalue weighted by Gasteiger charge is -2.13. The van der Waals surface area contributed by atoms with Crippen molar-refractivity contribution in [3.8, 4) is 0 Å². The van der Waals surface area contributed by atoms with E-state index in [-0.39, 0.29) is 16.5 Å². The summed E-state index contributed by atoms with van der Waals surface area (Å²) in [5, 5.41) is 5.51. The van der Waals surface area contributed by atoms with E-state index in [0.717, 1.165) is 0 Å². The summed E-state index contributed by atoms with van der Waals surface area (Å²) in [6.45, 7) is 3.27. The number of carbonyl (C=O) groups is 3. The second kappa shape index (κ2) is 8.60. The molecule has 0 radical (unpaired) electrons. The number of carbonyl (C=O) groups excluding carboxylic acids is 3. The minimum absolute atomic E-state index is 0.180. The molecule has 0 aliphatic heterocycles. The fraction of sp³-hybridized carbons (Fsp3) is 0.357. The third-order valence-corrected chi connectivity index (χ3v) is 3.35. The summed E-state index contributed by atoms with van der Waals surface area (Å²) in [4.78, 5) is 34.8. The third kappa shape index (κ3) is 5.54. The van der Waals surface area contributed by atoms with Gasteiger partial charge >= 0.3 is 5.97 Å². The van der Waals surface area contributed by atoms with Gasteiger partial charge in [-0.05, 0) is 32.0 Å². The maximum Gasteiger partial charge on any atom is 0.338 e. The molecule has 1 aromatic carbocycles. The molecule has 6 nitrogen and oxygen atoms in total. The molecule has 2 N–H and O–H groups in total. The van der Waals surface area contributed by atoms with Crippen LogP contribution in [0.25, 0.3) is 0 Å². The van der Waals surface area contributed by atoms with E-state index < -0.39 is 24.5 Å². The molecule has 0 saturated heterocycles. The molecule has 0 aliphatic carbocycles. The standard InChI is InChI=1S/C14H16Cl2N2O4/c1-3-17-13(20)8(2)18-12(19)7-22-14(21)9-4-5-10(15)11(16)6-9/h4-6,8H,3,7H2,1-2H3,(H,17,20)(H,18,19)/t8-/m1/s1. The summed E-state index contributed by atoms with van der Waals surface area (Å²) in [5.74, 6) is -1.60. The van der Waals surface area contributed by atoms with Gasteiger partial charge in [0.05, 0.1) is 15.6 Å². The number of hydrogen-bond donors (Lipinski definition) is 2. The zero-order valence-corrected chi connectivity index (χ0v) is 13.6. The van der Waals surface area contributed by atoms with Crippen molar-refractivity contribution in [1.82, 2.24) is 10.6 Å². The minimum atomic E-state index is -0.712. The lowest BCUT2D eigenvalue weighted by Crippen LogP contribution is -2.46. The van der Waals surface area contributed by atoms with Crippen molar-refractivity contribution in [2.24, 2.45) is 0 Å². The molecule has 120 valence electrons. The Labute approximate surface area is 138 Å². The molecule has 0 spiro atoms. The third-order valence-electron chi connectivity index (χ3n) is 2.61. The molecule has 22 heavy (non-hydrogen) atoms. The van der Waals surface area contributed by atoms with Crippen molar-refractivity contribution in [2.75, 3.05) is 13.2 Å². The number of nitrogens with one attached hydrogen (secondary N) is 2. The van der Waals surface area contributed by atoms with Gasteiger partial charge in [-0.15, -0.1) is 0 Å². The summed E-state index contributed by atoms with van der Waals surface area (Å²) in [7, 11) is 0. The lowest BCUT2D eigenvalue weighted by molar-refractivity contribution is -0.130. The Morgan fingerprint density at radius 3 is 2.50 bits per heavy atom. The van der Waals surface area contributed by atoms with Gasteiger partial charge in [0.2, 0.25) is 5.91 Å². The average molecular weight is 347 g/mol. The highest BCUT2D eigenvalue weighted by Crippen LogP contribution is 2.22. The van der Waals surface area contributed by atoms with Crippen molar-refractivity contribution in [3.63, 3.8) is 0 Å². The maximum atomic E-state index is 11.8. The number of likely N-dealkylation sites (N-methyl/N-ethyl adjacent to an activating group) is 1. The van der Waals surface area contributed by atoms with Crippen LogP contribution in [0.15, 0.2) is 18.2 Å². The summed E-state index contributed by atoms with van der Waals surface area (Å²) < 4.78 is 4.84. The van der Waals surface area contributed by atoms with E-state index in [1.807, 2.05) is 0 Å². The van der Waals surface area contributed by atoms with Gasteiger partial charge in [-0.25, -0.2) is 4.79 Å². The normalized spacial score (nSPS) is 11.5. The number of ether oxygens (including phenoxy) is 1. The van der Waals surface area contributed by atoms with Crippen LogP contribution in [0.5, 0.6) is 0 Å². The van der Waals surface area contributed by atoms with Crippen LogP contribution in [0, 0.1) is 0 Å². The Balaban J connectivity index is 2.48. The van der Waals surface area contributed by atoms with Crippen molar-refractivity contribution in [2.45, 2.75) is 19.9 Å². The van der Waals surface area contributed by atoms with Crippen LogP contribution in [0.4, 0.5) is 0 Å². The number of benzene rings is 1. The molecular weight excluding hydrogens is 331 g/mol. The van der Waals surface area contributed by atoms with E-state index in [2.05, 4.69) is 10.6 Å². The number of hydrogen-bond acceptors (Lipinski definition) is 4. The van der Waals surface area contributed by atoms with Crippen molar-refractivity contribution in [3.05, 3.63) is 33.8 Å². The number of rotatable bonds is 6. The smallest absolute Gasteiger partial charge is 0.338 e. The monoisotopic (exact) mass is 346 g/mol. The van der Waals surface area contributed by atoms with Crippen molar-refractivity contribution < 1.29 is 19.1 Å². The predicted molar refractivity (Wildman–Crippen MR) is 83.0 cm³/mol. The lowest BCUT2D eigenvalue weighted by atomic mass is 10.2. The van der Waals surface area contributed by atoms with Crippen LogP contribution in [0.1, 0.15) is 24.2 Å². The van der Waals surface area contributed by atoms with Crippen molar-refractivity contribution in [1.29, 1.82) is 0 Å². The Hall–Kier alpha value is -1.79. The number of amides is 2. The second-order valence-electron chi connectivity index (χ2n) is 4.39. The van der Waals surface area contributed by atoms with E-state index >= 15 is 0 Å². The van der Waals surface area contributed by atoms with Crippen LogP contribution in [-0.4, -0.2) is 37.0 Å². The topological polar surface area (TPSA) is 84.5 Å². The van der Waals surface area contributed by atoms with Gasteiger partial charge in [0, 0.05) is 6.54 Å². The highest BCUT2D eigenvalue weighted by atomic mass is 35.5. The van der Waals surface area contributed by atoms with E-state index in [4.69, 9.17) is 27.9 Å². The molecule has 8 heteroatoms. The van der Waals surface area contributed by atoms with Gasteiger partial charge in [-0.2, -0.15) is 0 Å².